The number of carboxylic acids is 1. The lowest BCUT2D eigenvalue weighted by Gasteiger charge is -2.15. The molecular weight excluding hydrogens is 296 g/mol. The van der Waals surface area contributed by atoms with Crippen molar-refractivity contribution in [2.24, 2.45) is 0 Å². The monoisotopic (exact) mass is 314 g/mol. The van der Waals surface area contributed by atoms with Gasteiger partial charge in [-0.15, -0.1) is 0 Å². The van der Waals surface area contributed by atoms with Crippen LogP contribution < -0.4 is 5.32 Å². The highest BCUT2D eigenvalue weighted by Crippen LogP contribution is 2.04. The van der Waals surface area contributed by atoms with E-state index in [9.17, 15) is 18.0 Å². The summed E-state index contributed by atoms with van der Waals surface area (Å²) in [5.74, 6) is -1.50. The van der Waals surface area contributed by atoms with E-state index in [1.807, 2.05) is 0 Å². The van der Waals surface area contributed by atoms with E-state index in [2.05, 4.69) is 5.32 Å². The first-order chi connectivity index (χ1) is 9.76. The number of nitrogens with zero attached hydrogens (tertiary/aromatic N) is 1. The zero-order valence-corrected chi connectivity index (χ0v) is 12.7. The Bertz CT molecular complexity index is 610. The lowest BCUT2D eigenvalue weighted by atomic mass is 10.1. The third-order valence-electron chi connectivity index (χ3n) is 2.90. The summed E-state index contributed by atoms with van der Waals surface area (Å²) in [5, 5.41) is 11.3. The Balaban J connectivity index is 2.52. The van der Waals surface area contributed by atoms with Crippen molar-refractivity contribution in [3.63, 3.8) is 0 Å². The maximum atomic E-state index is 11.7. The van der Waals surface area contributed by atoms with Crippen molar-refractivity contribution < 1.29 is 23.1 Å². The van der Waals surface area contributed by atoms with Crippen molar-refractivity contribution in [3.05, 3.63) is 35.4 Å². The van der Waals surface area contributed by atoms with Gasteiger partial charge < -0.3 is 10.4 Å². The fourth-order valence-corrected chi connectivity index (χ4v) is 2.30. The molecule has 2 N–H and O–H groups in total. The smallest absolute Gasteiger partial charge is 0.335 e. The fourth-order valence-electron chi connectivity index (χ4n) is 1.54. The number of aromatic carboxylic acids is 1. The number of hydrogen-bond donors (Lipinski definition) is 2. The molecule has 0 unspecified atom stereocenters. The highest BCUT2D eigenvalue weighted by molar-refractivity contribution is 7.89. The zero-order chi connectivity index (χ0) is 16.0. The van der Waals surface area contributed by atoms with Crippen LogP contribution in [0.5, 0.6) is 0 Å². The van der Waals surface area contributed by atoms with Crippen LogP contribution in [0.3, 0.4) is 0 Å². The molecule has 7 nitrogen and oxygen atoms in total. The Morgan fingerprint density at radius 3 is 2.29 bits per heavy atom. The molecule has 8 heteroatoms. The van der Waals surface area contributed by atoms with Gasteiger partial charge in [0.05, 0.1) is 17.9 Å². The second kappa shape index (κ2) is 7.19. The van der Waals surface area contributed by atoms with Gasteiger partial charge in [-0.25, -0.2) is 13.2 Å². The number of benzene rings is 1. The number of amides is 1. The first-order valence-corrected chi connectivity index (χ1v) is 7.90. The number of sulfonamides is 1. The molecule has 116 valence electrons. The number of likely N-dealkylation sites (N-methyl/N-ethyl adjacent to an activating group) is 1. The molecule has 0 aliphatic rings. The van der Waals surface area contributed by atoms with Crippen LogP contribution in [0.4, 0.5) is 0 Å². The van der Waals surface area contributed by atoms with Crippen LogP contribution in [0, 0.1) is 0 Å². The van der Waals surface area contributed by atoms with Crippen molar-refractivity contribution in [2.45, 2.75) is 13.5 Å². The first kappa shape index (κ1) is 17.1. The Labute approximate surface area is 123 Å². The summed E-state index contributed by atoms with van der Waals surface area (Å²) >= 11 is 0. The Morgan fingerprint density at radius 1 is 1.24 bits per heavy atom. The highest BCUT2D eigenvalue weighted by Gasteiger charge is 2.17. The highest BCUT2D eigenvalue weighted by atomic mass is 32.2. The van der Waals surface area contributed by atoms with Gasteiger partial charge in [0, 0.05) is 13.6 Å². The minimum atomic E-state index is -3.38. The van der Waals surface area contributed by atoms with E-state index in [4.69, 9.17) is 5.11 Å². The number of carboxylic acid groups (broad SMARTS) is 1. The molecule has 1 aromatic rings. The van der Waals surface area contributed by atoms with E-state index < -0.39 is 21.9 Å². The second-order valence-electron chi connectivity index (χ2n) is 4.44. The molecule has 0 bridgehead atoms. The number of hydrogen-bond acceptors (Lipinski definition) is 4. The molecule has 0 fully saturated rings. The van der Waals surface area contributed by atoms with E-state index in [-0.39, 0.29) is 24.4 Å². The van der Waals surface area contributed by atoms with Crippen molar-refractivity contribution in [3.8, 4) is 0 Å². The maximum absolute atomic E-state index is 11.7. The van der Waals surface area contributed by atoms with Crippen LogP contribution >= 0.6 is 0 Å². The number of carbonyl (C=O) groups excluding carboxylic acids is 1. The minimum Gasteiger partial charge on any atom is -0.478 e. The Kier molecular flexibility index (Phi) is 5.86. The summed E-state index contributed by atoms with van der Waals surface area (Å²) in [7, 11) is -2.04. The van der Waals surface area contributed by atoms with Crippen molar-refractivity contribution in [1.82, 2.24) is 9.62 Å². The van der Waals surface area contributed by atoms with Gasteiger partial charge in [-0.3, -0.25) is 4.79 Å². The van der Waals surface area contributed by atoms with Gasteiger partial charge in [-0.05, 0) is 24.6 Å². The van der Waals surface area contributed by atoms with E-state index in [0.29, 0.717) is 0 Å². The molecule has 0 aliphatic heterocycles. The van der Waals surface area contributed by atoms with E-state index in [0.717, 1.165) is 9.87 Å². The van der Waals surface area contributed by atoms with Crippen LogP contribution in [-0.4, -0.2) is 49.1 Å². The molecular formula is C13H18N2O5S. The quantitative estimate of drug-likeness (QED) is 0.752. The molecule has 0 aliphatic carbocycles. The van der Waals surface area contributed by atoms with Gasteiger partial charge in [-0.2, -0.15) is 4.31 Å². The third kappa shape index (κ3) is 5.16. The molecule has 0 spiro atoms. The zero-order valence-electron chi connectivity index (χ0n) is 11.9. The van der Waals surface area contributed by atoms with E-state index >= 15 is 0 Å². The van der Waals surface area contributed by atoms with Gasteiger partial charge in [0.2, 0.25) is 15.9 Å². The van der Waals surface area contributed by atoms with Crippen molar-refractivity contribution in [2.75, 3.05) is 19.3 Å². The third-order valence-corrected chi connectivity index (χ3v) is 4.70. The summed E-state index contributed by atoms with van der Waals surface area (Å²) in [4.78, 5) is 22.3. The predicted octanol–water partition coefficient (Wildman–Crippen LogP) is 0.283. The molecule has 1 aromatic carbocycles. The van der Waals surface area contributed by atoms with Crippen LogP contribution in [-0.2, 0) is 21.4 Å². The fraction of sp³-hybridized carbons (Fsp3) is 0.385. The molecule has 0 atom stereocenters. The SMILES string of the molecule is CCS(=O)(=O)N(C)CC(=O)NCc1ccc(C(=O)O)cc1. The summed E-state index contributed by atoms with van der Waals surface area (Å²) in [6, 6.07) is 6.07. The van der Waals surface area contributed by atoms with Gasteiger partial charge >= 0.3 is 5.97 Å². The molecule has 21 heavy (non-hydrogen) atoms. The second-order valence-corrected chi connectivity index (χ2v) is 6.80. The molecule has 0 aromatic heterocycles. The van der Waals surface area contributed by atoms with Gasteiger partial charge in [0.15, 0.2) is 0 Å². The van der Waals surface area contributed by atoms with E-state index in [1.54, 1.807) is 12.1 Å². The number of rotatable bonds is 7. The van der Waals surface area contributed by atoms with E-state index in [1.165, 1.54) is 26.1 Å². The summed E-state index contributed by atoms with van der Waals surface area (Å²) < 4.78 is 24.0. The van der Waals surface area contributed by atoms with Crippen LogP contribution in [0.25, 0.3) is 0 Å². The van der Waals surface area contributed by atoms with Gasteiger partial charge in [0.1, 0.15) is 0 Å². The molecule has 0 saturated heterocycles. The van der Waals surface area contributed by atoms with Crippen LogP contribution in [0.2, 0.25) is 0 Å². The summed E-state index contributed by atoms with van der Waals surface area (Å²) in [5.41, 5.74) is 0.896. The maximum Gasteiger partial charge on any atom is 0.335 e. The van der Waals surface area contributed by atoms with Crippen molar-refractivity contribution in [1.29, 1.82) is 0 Å². The van der Waals surface area contributed by atoms with Gasteiger partial charge in [0.25, 0.3) is 0 Å². The summed E-state index contributed by atoms with van der Waals surface area (Å²) in [6.07, 6.45) is 0. The summed E-state index contributed by atoms with van der Waals surface area (Å²) in [6.45, 7) is 1.47. The average molecular weight is 314 g/mol. The molecule has 0 radical (unpaired) electrons. The lowest BCUT2D eigenvalue weighted by Crippen LogP contribution is -2.38. The predicted molar refractivity (Wildman–Crippen MR) is 77.3 cm³/mol. The lowest BCUT2D eigenvalue weighted by molar-refractivity contribution is -0.121. The largest absolute Gasteiger partial charge is 0.478 e. The molecule has 1 rings (SSSR count). The minimum absolute atomic E-state index is 0.0621. The van der Waals surface area contributed by atoms with Crippen molar-refractivity contribution >= 4 is 21.9 Å². The first-order valence-electron chi connectivity index (χ1n) is 6.29. The van der Waals surface area contributed by atoms with Crippen LogP contribution in [0.1, 0.15) is 22.8 Å². The molecule has 1 amide bonds. The number of nitrogens with one attached hydrogen (secondary N) is 1. The van der Waals surface area contributed by atoms with Gasteiger partial charge in [-0.1, -0.05) is 12.1 Å². The molecule has 0 heterocycles. The van der Waals surface area contributed by atoms with Crippen LogP contribution in [0.15, 0.2) is 24.3 Å². The standard InChI is InChI=1S/C13H18N2O5S/c1-3-21(19,20)15(2)9-12(16)14-8-10-4-6-11(7-5-10)13(17)18/h4-7H,3,8-9H2,1-2H3,(H,14,16)(H,17,18). The molecule has 0 saturated carbocycles. The Hall–Kier alpha value is -1.93. The normalized spacial score (nSPS) is 11.4. The number of carbonyl (C=O) groups is 2. The average Bonchev–Trinajstić information content (AvgIpc) is 2.45. The Morgan fingerprint density at radius 2 is 1.81 bits per heavy atom. The topological polar surface area (TPSA) is 104 Å².